The van der Waals surface area contributed by atoms with E-state index in [1.807, 2.05) is 0 Å². The van der Waals surface area contributed by atoms with Gasteiger partial charge in [-0.25, -0.2) is 12.7 Å². The number of nitrogens with one attached hydrogen (secondary N) is 2. The lowest BCUT2D eigenvalue weighted by Gasteiger charge is -2.33. The zero-order valence-corrected chi connectivity index (χ0v) is 19.0. The van der Waals surface area contributed by atoms with Gasteiger partial charge in [-0.05, 0) is 36.8 Å². The molecule has 2 aliphatic rings. The molecule has 0 radical (unpaired) electrons. The second kappa shape index (κ2) is 10.1. The third kappa shape index (κ3) is 5.70. The number of thiophene rings is 1. The number of anilines is 1. The maximum atomic E-state index is 11.8. The maximum absolute atomic E-state index is 11.8. The molecule has 0 saturated carbocycles. The fourth-order valence-electron chi connectivity index (χ4n) is 3.32. The van der Waals surface area contributed by atoms with Crippen LogP contribution in [-0.2, 0) is 10.0 Å². The molecule has 7 nitrogen and oxygen atoms in total. The summed E-state index contributed by atoms with van der Waals surface area (Å²) in [6.07, 6.45) is 2.87. The first-order valence-electron chi connectivity index (χ1n) is 8.82. The summed E-state index contributed by atoms with van der Waals surface area (Å²) < 4.78 is 25.2. The van der Waals surface area contributed by atoms with Crippen molar-refractivity contribution in [2.45, 2.75) is 25.3 Å². The van der Waals surface area contributed by atoms with Gasteiger partial charge in [-0.3, -0.25) is 4.99 Å². The summed E-state index contributed by atoms with van der Waals surface area (Å²) in [5.74, 6) is 1.04. The average Bonchev–Trinajstić information content (AvgIpc) is 3.24. The first-order valence-corrected chi connectivity index (χ1v) is 11.3. The van der Waals surface area contributed by atoms with Crippen molar-refractivity contribution in [2.75, 3.05) is 50.4 Å². The molecule has 2 N–H and O–H groups in total. The van der Waals surface area contributed by atoms with Crippen molar-refractivity contribution in [1.82, 2.24) is 14.9 Å². The van der Waals surface area contributed by atoms with Crippen LogP contribution >= 0.6 is 35.3 Å². The van der Waals surface area contributed by atoms with E-state index < -0.39 is 10.0 Å². The van der Waals surface area contributed by atoms with E-state index in [9.17, 15) is 8.42 Å². The van der Waals surface area contributed by atoms with Crippen LogP contribution in [0.4, 0.5) is 5.00 Å². The molecule has 1 aromatic rings. The molecule has 0 aromatic carbocycles. The average molecular weight is 513 g/mol. The number of aliphatic imine (C=N–C) groups is 1. The van der Waals surface area contributed by atoms with Gasteiger partial charge in [0.05, 0.1) is 10.8 Å². The number of piperidine rings is 1. The Morgan fingerprint density at radius 3 is 2.69 bits per heavy atom. The van der Waals surface area contributed by atoms with Crippen molar-refractivity contribution < 1.29 is 8.42 Å². The smallest absolute Gasteiger partial charge is 0.214 e. The van der Waals surface area contributed by atoms with Crippen molar-refractivity contribution in [3.63, 3.8) is 0 Å². The van der Waals surface area contributed by atoms with Gasteiger partial charge in [-0.15, -0.1) is 35.3 Å². The Labute approximate surface area is 177 Å². The van der Waals surface area contributed by atoms with Crippen LogP contribution in [0.1, 0.15) is 19.3 Å². The van der Waals surface area contributed by atoms with Crippen molar-refractivity contribution in [2.24, 2.45) is 4.99 Å². The second-order valence-corrected chi connectivity index (χ2v) is 9.44. The zero-order valence-electron chi connectivity index (χ0n) is 15.1. The summed E-state index contributed by atoms with van der Waals surface area (Å²) in [4.78, 5) is 6.69. The number of hydrogen-bond donors (Lipinski definition) is 2. The minimum absolute atomic E-state index is 0. The molecule has 0 unspecified atom stereocenters. The van der Waals surface area contributed by atoms with Crippen molar-refractivity contribution >= 4 is 56.3 Å². The summed E-state index contributed by atoms with van der Waals surface area (Å²) in [6, 6.07) is 4.67. The topological polar surface area (TPSA) is 77.0 Å². The van der Waals surface area contributed by atoms with Crippen LogP contribution in [0.3, 0.4) is 0 Å². The number of nitrogens with zero attached hydrogens (tertiary/aromatic N) is 3. The summed E-state index contributed by atoms with van der Waals surface area (Å²) in [5.41, 5.74) is 0. The SMILES string of the molecule is CN=C(NCCN1CCCS1(=O)=O)NC1CCN(c2cccs2)CC1.I. The van der Waals surface area contributed by atoms with Crippen LogP contribution in [0.15, 0.2) is 22.5 Å². The lowest BCUT2D eigenvalue weighted by atomic mass is 10.1. The zero-order chi connectivity index (χ0) is 17.7. The Hall–Kier alpha value is -0.590. The molecule has 3 rings (SSSR count). The minimum Gasteiger partial charge on any atom is -0.363 e. The van der Waals surface area contributed by atoms with Crippen molar-refractivity contribution in [3.8, 4) is 0 Å². The standard InChI is InChI=1S/C16H27N5O2S2.HI/c1-17-16(18-7-11-21-8-3-13-25(21,22)23)19-14-5-9-20(10-6-14)15-4-2-12-24-15;/h2,4,12,14H,3,5-11,13H2,1H3,(H2,17,18,19);1H. The van der Waals surface area contributed by atoms with Gasteiger partial charge in [0, 0.05) is 45.8 Å². The molecular formula is C16H28IN5O2S2. The molecule has 2 fully saturated rings. The molecule has 2 saturated heterocycles. The number of sulfonamides is 1. The summed E-state index contributed by atoms with van der Waals surface area (Å²) in [6.45, 7) is 3.80. The highest BCUT2D eigenvalue weighted by molar-refractivity contribution is 14.0. The van der Waals surface area contributed by atoms with Gasteiger partial charge in [0.25, 0.3) is 0 Å². The molecule has 0 spiro atoms. The fourth-order valence-corrected chi connectivity index (χ4v) is 5.64. The number of guanidine groups is 1. The Bertz CT molecular complexity index is 673. The monoisotopic (exact) mass is 513 g/mol. The van der Waals surface area contributed by atoms with Crippen molar-refractivity contribution in [3.05, 3.63) is 17.5 Å². The lowest BCUT2D eigenvalue weighted by Crippen LogP contribution is -2.49. The summed E-state index contributed by atoms with van der Waals surface area (Å²) in [7, 11) is -1.27. The number of halogens is 1. The predicted octanol–water partition coefficient (Wildman–Crippen LogP) is 1.54. The van der Waals surface area contributed by atoms with Crippen LogP contribution in [-0.4, -0.2) is 70.2 Å². The van der Waals surface area contributed by atoms with Crippen LogP contribution in [0.25, 0.3) is 0 Å². The highest BCUT2D eigenvalue weighted by atomic mass is 127. The van der Waals surface area contributed by atoms with E-state index in [-0.39, 0.29) is 29.7 Å². The van der Waals surface area contributed by atoms with E-state index in [1.54, 1.807) is 22.7 Å². The van der Waals surface area contributed by atoms with Crippen molar-refractivity contribution in [1.29, 1.82) is 0 Å². The molecule has 148 valence electrons. The van der Waals surface area contributed by atoms with Crippen LogP contribution < -0.4 is 15.5 Å². The molecule has 1 aromatic heterocycles. The molecule has 3 heterocycles. The third-order valence-electron chi connectivity index (χ3n) is 4.73. The number of hydrogen-bond acceptors (Lipinski definition) is 5. The van der Waals surface area contributed by atoms with Gasteiger partial charge in [0.1, 0.15) is 0 Å². The minimum atomic E-state index is -3.02. The largest absolute Gasteiger partial charge is 0.363 e. The van der Waals surface area contributed by atoms with E-state index >= 15 is 0 Å². The molecule has 26 heavy (non-hydrogen) atoms. The summed E-state index contributed by atoms with van der Waals surface area (Å²) in [5, 5.41) is 10.2. The van der Waals surface area contributed by atoms with E-state index in [2.05, 4.69) is 38.0 Å². The van der Waals surface area contributed by atoms with Gasteiger partial charge in [0.2, 0.25) is 10.0 Å². The molecule has 0 amide bonds. The first kappa shape index (κ1) is 21.7. The quantitative estimate of drug-likeness (QED) is 0.355. The Morgan fingerprint density at radius 1 is 1.35 bits per heavy atom. The van der Waals surface area contributed by atoms with Crippen LogP contribution in [0.2, 0.25) is 0 Å². The molecule has 10 heteroatoms. The van der Waals surface area contributed by atoms with E-state index in [0.717, 1.165) is 38.3 Å². The van der Waals surface area contributed by atoms with Gasteiger partial charge >= 0.3 is 0 Å². The summed E-state index contributed by atoms with van der Waals surface area (Å²) >= 11 is 1.79. The normalized spacial score (nSPS) is 21.4. The molecular weight excluding hydrogens is 485 g/mol. The Morgan fingerprint density at radius 2 is 2.12 bits per heavy atom. The van der Waals surface area contributed by atoms with Gasteiger partial charge in [0.15, 0.2) is 5.96 Å². The third-order valence-corrected chi connectivity index (χ3v) is 7.62. The van der Waals surface area contributed by atoms with Crippen LogP contribution in [0, 0.1) is 0 Å². The maximum Gasteiger partial charge on any atom is 0.214 e. The molecule has 0 bridgehead atoms. The predicted molar refractivity (Wildman–Crippen MR) is 119 cm³/mol. The van der Waals surface area contributed by atoms with E-state index in [0.29, 0.717) is 25.7 Å². The second-order valence-electron chi connectivity index (χ2n) is 6.42. The Kier molecular flexibility index (Phi) is 8.42. The number of rotatable bonds is 5. The van der Waals surface area contributed by atoms with Gasteiger partial charge < -0.3 is 15.5 Å². The first-order chi connectivity index (χ1) is 12.1. The van der Waals surface area contributed by atoms with E-state index in [4.69, 9.17) is 0 Å². The Balaban J connectivity index is 0.00000243. The molecule has 2 aliphatic heterocycles. The van der Waals surface area contributed by atoms with Gasteiger partial charge in [-0.1, -0.05) is 0 Å². The molecule has 0 aliphatic carbocycles. The van der Waals surface area contributed by atoms with Gasteiger partial charge in [-0.2, -0.15) is 0 Å². The van der Waals surface area contributed by atoms with Crippen LogP contribution in [0.5, 0.6) is 0 Å². The molecule has 0 atom stereocenters. The lowest BCUT2D eigenvalue weighted by molar-refractivity contribution is 0.439. The highest BCUT2D eigenvalue weighted by Gasteiger charge is 2.27. The fraction of sp³-hybridized carbons (Fsp3) is 0.688. The van der Waals surface area contributed by atoms with E-state index in [1.165, 1.54) is 5.00 Å². The highest BCUT2D eigenvalue weighted by Crippen LogP contribution is 2.24.